The number of hydrogen-bond donors (Lipinski definition) is 2. The summed E-state index contributed by atoms with van der Waals surface area (Å²) in [6.07, 6.45) is 10.3. The van der Waals surface area contributed by atoms with E-state index in [0.29, 0.717) is 12.0 Å². The van der Waals surface area contributed by atoms with Gasteiger partial charge < -0.3 is 4.74 Å². The molecule has 0 saturated heterocycles. The molecule has 0 spiro atoms. The lowest BCUT2D eigenvalue weighted by Gasteiger charge is -2.46. The number of nitrogens with one attached hydrogen (secondary N) is 1. The molecular weight excluding hydrogens is 212 g/mol. The largest absolute Gasteiger partial charge is 0.377 e. The van der Waals surface area contributed by atoms with E-state index in [9.17, 15) is 0 Å². The Labute approximate surface area is 105 Å². The summed E-state index contributed by atoms with van der Waals surface area (Å²) >= 11 is 0. The Bertz CT molecular complexity index is 240. The maximum Gasteiger partial charge on any atom is 0.0849 e. The van der Waals surface area contributed by atoms with Crippen LogP contribution < -0.4 is 11.3 Å². The molecule has 0 heterocycles. The van der Waals surface area contributed by atoms with Crippen LogP contribution in [0.15, 0.2) is 0 Å². The second kappa shape index (κ2) is 5.68. The Morgan fingerprint density at radius 2 is 1.94 bits per heavy atom. The van der Waals surface area contributed by atoms with Gasteiger partial charge in [-0.1, -0.05) is 32.6 Å². The molecule has 3 heteroatoms. The normalized spacial score (nSPS) is 37.2. The first kappa shape index (κ1) is 13.3. The van der Waals surface area contributed by atoms with Crippen LogP contribution in [0, 0.1) is 11.8 Å². The van der Waals surface area contributed by atoms with Gasteiger partial charge in [0.2, 0.25) is 0 Å². The molecule has 0 aliphatic heterocycles. The second-order valence-corrected chi connectivity index (χ2v) is 6.16. The number of rotatable bonds is 4. The number of methoxy groups -OCH3 is 1. The molecule has 0 aromatic carbocycles. The molecule has 0 radical (unpaired) electrons. The highest BCUT2D eigenvalue weighted by Gasteiger charge is 2.45. The fourth-order valence-corrected chi connectivity index (χ4v) is 4.15. The van der Waals surface area contributed by atoms with E-state index < -0.39 is 0 Å². The van der Waals surface area contributed by atoms with Gasteiger partial charge in [-0.05, 0) is 37.5 Å². The third-order valence-corrected chi connectivity index (χ3v) is 5.01. The summed E-state index contributed by atoms with van der Waals surface area (Å²) in [6, 6.07) is 0.345. The highest BCUT2D eigenvalue weighted by atomic mass is 16.5. The molecule has 0 amide bonds. The third-order valence-electron chi connectivity index (χ3n) is 5.01. The standard InChI is InChI=1S/C14H28N2O/c1-11-6-5-9-14(10-11,17-2)13(16-15)12-7-3-4-8-12/h11-13,16H,3-10,15H2,1-2H3. The van der Waals surface area contributed by atoms with E-state index >= 15 is 0 Å². The Morgan fingerprint density at radius 1 is 1.24 bits per heavy atom. The molecule has 100 valence electrons. The van der Waals surface area contributed by atoms with Gasteiger partial charge in [0.05, 0.1) is 11.6 Å². The van der Waals surface area contributed by atoms with Crippen LogP contribution in [0.25, 0.3) is 0 Å². The fourth-order valence-electron chi connectivity index (χ4n) is 4.15. The maximum atomic E-state index is 5.97. The van der Waals surface area contributed by atoms with Gasteiger partial charge in [0.1, 0.15) is 0 Å². The van der Waals surface area contributed by atoms with E-state index in [1.54, 1.807) is 0 Å². The van der Waals surface area contributed by atoms with Crippen molar-refractivity contribution in [2.75, 3.05) is 7.11 Å². The zero-order valence-electron chi connectivity index (χ0n) is 11.4. The van der Waals surface area contributed by atoms with Crippen LogP contribution in [0.5, 0.6) is 0 Å². The van der Waals surface area contributed by atoms with Crippen LogP contribution >= 0.6 is 0 Å². The SMILES string of the molecule is COC1(C(NN)C2CCCC2)CCCC(C)C1. The minimum atomic E-state index is -0.0125. The van der Waals surface area contributed by atoms with Gasteiger partial charge in [0.25, 0.3) is 0 Å². The predicted octanol–water partition coefficient (Wildman–Crippen LogP) is 2.60. The van der Waals surface area contributed by atoms with Crippen molar-refractivity contribution in [1.82, 2.24) is 5.43 Å². The monoisotopic (exact) mass is 240 g/mol. The highest BCUT2D eigenvalue weighted by molar-refractivity contribution is 5.00. The molecular formula is C14H28N2O. The molecule has 0 aromatic rings. The first-order valence-corrected chi connectivity index (χ1v) is 7.23. The molecule has 2 fully saturated rings. The number of ether oxygens (including phenoxy) is 1. The Hall–Kier alpha value is -0.120. The third kappa shape index (κ3) is 2.67. The van der Waals surface area contributed by atoms with Crippen molar-refractivity contribution in [1.29, 1.82) is 0 Å². The Morgan fingerprint density at radius 3 is 2.47 bits per heavy atom. The number of nitrogens with two attached hydrogens (primary N) is 1. The van der Waals surface area contributed by atoms with Crippen LogP contribution in [0.2, 0.25) is 0 Å². The molecule has 2 saturated carbocycles. The van der Waals surface area contributed by atoms with Crippen molar-refractivity contribution in [3.05, 3.63) is 0 Å². The van der Waals surface area contributed by atoms with Crippen LogP contribution in [0.1, 0.15) is 58.3 Å². The van der Waals surface area contributed by atoms with Crippen molar-refractivity contribution < 1.29 is 4.74 Å². The molecule has 3 nitrogen and oxygen atoms in total. The quantitative estimate of drug-likeness (QED) is 0.586. The van der Waals surface area contributed by atoms with Crippen molar-refractivity contribution in [3.63, 3.8) is 0 Å². The zero-order valence-corrected chi connectivity index (χ0v) is 11.4. The summed E-state index contributed by atoms with van der Waals surface area (Å²) in [5, 5.41) is 0. The van der Waals surface area contributed by atoms with Crippen molar-refractivity contribution >= 4 is 0 Å². The second-order valence-electron chi connectivity index (χ2n) is 6.16. The van der Waals surface area contributed by atoms with Gasteiger partial charge in [-0.25, -0.2) is 0 Å². The van der Waals surface area contributed by atoms with Crippen molar-refractivity contribution in [2.45, 2.75) is 69.9 Å². The summed E-state index contributed by atoms with van der Waals surface area (Å²) in [7, 11) is 1.87. The highest BCUT2D eigenvalue weighted by Crippen LogP contribution is 2.42. The summed E-state index contributed by atoms with van der Waals surface area (Å²) in [4.78, 5) is 0. The minimum Gasteiger partial charge on any atom is -0.377 e. The van der Waals surface area contributed by atoms with Crippen molar-refractivity contribution in [2.24, 2.45) is 17.7 Å². The average molecular weight is 240 g/mol. The molecule has 0 bridgehead atoms. The summed E-state index contributed by atoms with van der Waals surface area (Å²) in [5.74, 6) is 7.34. The van der Waals surface area contributed by atoms with E-state index in [-0.39, 0.29) is 5.60 Å². The maximum absolute atomic E-state index is 5.97. The lowest BCUT2D eigenvalue weighted by atomic mass is 9.71. The summed E-state index contributed by atoms with van der Waals surface area (Å²) in [6.45, 7) is 2.34. The van der Waals surface area contributed by atoms with Gasteiger partial charge in [-0.2, -0.15) is 0 Å². The number of hydrazine groups is 1. The van der Waals surface area contributed by atoms with Gasteiger partial charge in [0, 0.05) is 7.11 Å². The predicted molar refractivity (Wildman–Crippen MR) is 70.4 cm³/mol. The summed E-state index contributed by atoms with van der Waals surface area (Å²) in [5.41, 5.74) is 3.09. The first-order chi connectivity index (χ1) is 8.22. The minimum absolute atomic E-state index is 0.0125. The van der Waals surface area contributed by atoms with Crippen molar-refractivity contribution in [3.8, 4) is 0 Å². The topological polar surface area (TPSA) is 47.3 Å². The van der Waals surface area contributed by atoms with Crippen LogP contribution in [-0.4, -0.2) is 18.8 Å². The first-order valence-electron chi connectivity index (χ1n) is 7.23. The molecule has 17 heavy (non-hydrogen) atoms. The lowest BCUT2D eigenvalue weighted by Crippen LogP contribution is -2.59. The van der Waals surface area contributed by atoms with Gasteiger partial charge in [-0.15, -0.1) is 0 Å². The van der Waals surface area contributed by atoms with Crippen LogP contribution in [-0.2, 0) is 4.74 Å². The van der Waals surface area contributed by atoms with Gasteiger partial charge in [0.15, 0.2) is 0 Å². The van der Waals surface area contributed by atoms with Crippen LogP contribution in [0.4, 0.5) is 0 Å². The summed E-state index contributed by atoms with van der Waals surface area (Å²) < 4.78 is 5.97. The fraction of sp³-hybridized carbons (Fsp3) is 1.00. The molecule has 2 aliphatic carbocycles. The molecule has 2 aliphatic rings. The zero-order chi connectivity index (χ0) is 12.3. The lowest BCUT2D eigenvalue weighted by molar-refractivity contribution is -0.0921. The molecule has 2 rings (SSSR count). The van der Waals surface area contributed by atoms with E-state index in [2.05, 4.69) is 12.3 Å². The van der Waals surface area contributed by atoms with E-state index in [1.807, 2.05) is 7.11 Å². The van der Waals surface area contributed by atoms with Crippen LogP contribution in [0.3, 0.4) is 0 Å². The molecule has 3 atom stereocenters. The van der Waals surface area contributed by atoms with Gasteiger partial charge in [-0.3, -0.25) is 11.3 Å². The van der Waals surface area contributed by atoms with E-state index in [0.717, 1.165) is 12.3 Å². The Kier molecular flexibility index (Phi) is 4.45. The number of hydrogen-bond acceptors (Lipinski definition) is 3. The van der Waals surface area contributed by atoms with E-state index in [1.165, 1.54) is 44.9 Å². The molecule has 3 unspecified atom stereocenters. The van der Waals surface area contributed by atoms with E-state index in [4.69, 9.17) is 10.6 Å². The van der Waals surface area contributed by atoms with Gasteiger partial charge >= 0.3 is 0 Å². The molecule has 3 N–H and O–H groups in total. The Balaban J connectivity index is 2.12. The average Bonchev–Trinajstić information content (AvgIpc) is 2.83. The molecule has 0 aromatic heterocycles. The smallest absolute Gasteiger partial charge is 0.0849 e.